The normalized spacial score (nSPS) is 12.1. The molecule has 0 radical (unpaired) electrons. The lowest BCUT2D eigenvalue weighted by molar-refractivity contribution is -0.121. The highest BCUT2D eigenvalue weighted by atomic mass is 35.5. The van der Waals surface area contributed by atoms with E-state index in [2.05, 4.69) is 5.32 Å². The molecule has 5 heteroatoms. The first-order valence-corrected chi connectivity index (χ1v) is 9.21. The van der Waals surface area contributed by atoms with E-state index in [4.69, 9.17) is 23.2 Å². The van der Waals surface area contributed by atoms with Gasteiger partial charge in [-0.15, -0.1) is 0 Å². The van der Waals surface area contributed by atoms with Gasteiger partial charge in [0.25, 0.3) is 0 Å². The van der Waals surface area contributed by atoms with Crippen LogP contribution in [0.3, 0.4) is 0 Å². The number of hydrogen-bond donors (Lipinski definition) is 2. The lowest BCUT2D eigenvalue weighted by Crippen LogP contribution is -2.29. The van der Waals surface area contributed by atoms with E-state index in [1.54, 1.807) is 18.2 Å². The van der Waals surface area contributed by atoms with E-state index in [1.165, 1.54) is 0 Å². The molecule has 0 spiro atoms. The molecular formula is C21H19Cl2NO2. The second-order valence-electron chi connectivity index (χ2n) is 6.14. The van der Waals surface area contributed by atoms with Gasteiger partial charge in [-0.1, -0.05) is 72.6 Å². The molecule has 0 aliphatic rings. The van der Waals surface area contributed by atoms with Crippen LogP contribution in [0.2, 0.25) is 10.0 Å². The van der Waals surface area contributed by atoms with Gasteiger partial charge in [0.05, 0.1) is 6.04 Å². The fourth-order valence-corrected chi connectivity index (χ4v) is 3.54. The number of benzene rings is 3. The van der Waals surface area contributed by atoms with Crippen LogP contribution in [0.4, 0.5) is 0 Å². The quantitative estimate of drug-likeness (QED) is 0.575. The molecule has 0 fully saturated rings. The third-order valence-electron chi connectivity index (χ3n) is 4.30. The van der Waals surface area contributed by atoms with Crippen LogP contribution in [-0.4, -0.2) is 11.0 Å². The van der Waals surface area contributed by atoms with Gasteiger partial charge >= 0.3 is 0 Å². The molecule has 1 unspecified atom stereocenters. The fraction of sp³-hybridized carbons (Fsp3) is 0.190. The largest absolute Gasteiger partial charge is 0.507 e. The van der Waals surface area contributed by atoms with Gasteiger partial charge in [0.1, 0.15) is 5.75 Å². The number of halogens is 2. The van der Waals surface area contributed by atoms with E-state index in [-0.39, 0.29) is 11.7 Å². The van der Waals surface area contributed by atoms with Crippen molar-refractivity contribution in [1.82, 2.24) is 5.32 Å². The summed E-state index contributed by atoms with van der Waals surface area (Å²) < 4.78 is 0. The Morgan fingerprint density at radius 3 is 2.54 bits per heavy atom. The Labute approximate surface area is 162 Å². The second kappa shape index (κ2) is 7.98. The fourth-order valence-electron chi connectivity index (χ4n) is 3.02. The van der Waals surface area contributed by atoms with Gasteiger partial charge in [0.2, 0.25) is 5.91 Å². The van der Waals surface area contributed by atoms with E-state index in [9.17, 15) is 9.90 Å². The molecule has 3 nitrogen and oxygen atoms in total. The first kappa shape index (κ1) is 18.6. The standard InChI is InChI=1S/C21H19Cl2NO2/c1-2-5-19(25)24-20(16-11-9-14(22)12-18(16)23)17-10-8-13-6-3-4-7-15(13)21(17)26/h3-4,6-12,20,26H,2,5H2,1H3,(H,24,25). The third kappa shape index (κ3) is 3.79. The maximum absolute atomic E-state index is 12.3. The maximum Gasteiger partial charge on any atom is 0.220 e. The van der Waals surface area contributed by atoms with Crippen LogP contribution < -0.4 is 5.32 Å². The topological polar surface area (TPSA) is 49.3 Å². The van der Waals surface area contributed by atoms with E-state index in [1.807, 2.05) is 43.3 Å². The number of fused-ring (bicyclic) bond motifs is 1. The Kier molecular flexibility index (Phi) is 5.70. The van der Waals surface area contributed by atoms with Crippen LogP contribution in [0, 0.1) is 0 Å². The molecule has 0 bridgehead atoms. The van der Waals surface area contributed by atoms with Crippen molar-refractivity contribution in [3.8, 4) is 5.75 Å². The first-order valence-electron chi connectivity index (χ1n) is 8.46. The van der Waals surface area contributed by atoms with Gasteiger partial charge in [-0.2, -0.15) is 0 Å². The smallest absolute Gasteiger partial charge is 0.220 e. The molecule has 0 aromatic heterocycles. The van der Waals surface area contributed by atoms with Crippen molar-refractivity contribution in [2.75, 3.05) is 0 Å². The van der Waals surface area contributed by atoms with Gasteiger partial charge in [0, 0.05) is 27.4 Å². The Balaban J connectivity index is 2.14. The average Bonchev–Trinajstić information content (AvgIpc) is 2.61. The number of amides is 1. The Morgan fingerprint density at radius 1 is 1.08 bits per heavy atom. The molecule has 0 saturated heterocycles. The van der Waals surface area contributed by atoms with Crippen LogP contribution in [0.5, 0.6) is 5.75 Å². The highest BCUT2D eigenvalue weighted by molar-refractivity contribution is 6.35. The highest BCUT2D eigenvalue weighted by Gasteiger charge is 2.23. The number of hydrogen-bond acceptors (Lipinski definition) is 2. The zero-order valence-corrected chi connectivity index (χ0v) is 15.8. The van der Waals surface area contributed by atoms with Crippen molar-refractivity contribution in [2.24, 2.45) is 0 Å². The molecule has 1 amide bonds. The lowest BCUT2D eigenvalue weighted by Gasteiger charge is -2.22. The van der Waals surface area contributed by atoms with Gasteiger partial charge in [-0.3, -0.25) is 4.79 Å². The minimum absolute atomic E-state index is 0.101. The minimum atomic E-state index is -0.566. The lowest BCUT2D eigenvalue weighted by atomic mass is 9.94. The number of rotatable bonds is 5. The SMILES string of the molecule is CCCC(=O)NC(c1ccc(Cl)cc1Cl)c1ccc2ccccc2c1O. The van der Waals surface area contributed by atoms with Crippen molar-refractivity contribution in [3.63, 3.8) is 0 Å². The Bertz CT molecular complexity index is 956. The van der Waals surface area contributed by atoms with Gasteiger partial charge in [0.15, 0.2) is 0 Å². The Hall–Kier alpha value is -2.23. The summed E-state index contributed by atoms with van der Waals surface area (Å²) in [7, 11) is 0. The van der Waals surface area contributed by atoms with E-state index in [0.29, 0.717) is 27.6 Å². The first-order chi connectivity index (χ1) is 12.5. The number of phenolic OH excluding ortho intramolecular Hbond substituents is 1. The van der Waals surface area contributed by atoms with Crippen LogP contribution in [0.25, 0.3) is 10.8 Å². The van der Waals surface area contributed by atoms with E-state index < -0.39 is 6.04 Å². The summed E-state index contributed by atoms with van der Waals surface area (Å²) in [5.41, 5.74) is 1.28. The summed E-state index contributed by atoms with van der Waals surface area (Å²) >= 11 is 12.4. The number of carbonyl (C=O) groups is 1. The molecule has 0 aliphatic carbocycles. The van der Waals surface area contributed by atoms with Gasteiger partial charge in [-0.25, -0.2) is 0 Å². The van der Waals surface area contributed by atoms with Crippen molar-refractivity contribution in [2.45, 2.75) is 25.8 Å². The predicted molar refractivity (Wildman–Crippen MR) is 107 cm³/mol. The summed E-state index contributed by atoms with van der Waals surface area (Å²) in [6.45, 7) is 1.94. The molecule has 0 aliphatic heterocycles. The van der Waals surface area contributed by atoms with Crippen LogP contribution in [0.1, 0.15) is 36.9 Å². The van der Waals surface area contributed by atoms with Crippen LogP contribution >= 0.6 is 23.2 Å². The summed E-state index contributed by atoms with van der Waals surface area (Å²) in [6, 6.07) is 15.9. The average molecular weight is 388 g/mol. The Morgan fingerprint density at radius 2 is 1.81 bits per heavy atom. The summed E-state index contributed by atoms with van der Waals surface area (Å²) in [4.78, 5) is 12.3. The van der Waals surface area contributed by atoms with Crippen molar-refractivity contribution < 1.29 is 9.90 Å². The molecule has 0 saturated carbocycles. The minimum Gasteiger partial charge on any atom is -0.507 e. The van der Waals surface area contributed by atoms with Crippen LogP contribution in [0.15, 0.2) is 54.6 Å². The zero-order valence-electron chi connectivity index (χ0n) is 14.3. The summed E-state index contributed by atoms with van der Waals surface area (Å²) in [5, 5.41) is 16.4. The summed E-state index contributed by atoms with van der Waals surface area (Å²) in [6.07, 6.45) is 1.13. The molecule has 3 aromatic rings. The molecule has 1 atom stereocenters. The van der Waals surface area contributed by atoms with Gasteiger partial charge < -0.3 is 10.4 Å². The third-order valence-corrected chi connectivity index (χ3v) is 4.86. The summed E-state index contributed by atoms with van der Waals surface area (Å²) in [5.74, 6) is 0.0343. The van der Waals surface area contributed by atoms with E-state index >= 15 is 0 Å². The van der Waals surface area contributed by atoms with Crippen molar-refractivity contribution in [1.29, 1.82) is 0 Å². The second-order valence-corrected chi connectivity index (χ2v) is 6.98. The molecular weight excluding hydrogens is 369 g/mol. The van der Waals surface area contributed by atoms with Crippen LogP contribution in [-0.2, 0) is 4.79 Å². The molecule has 26 heavy (non-hydrogen) atoms. The maximum atomic E-state index is 12.3. The number of nitrogens with one attached hydrogen (secondary N) is 1. The predicted octanol–water partition coefficient (Wildman–Crippen LogP) is 5.86. The monoisotopic (exact) mass is 387 g/mol. The number of carbonyl (C=O) groups excluding carboxylic acids is 1. The molecule has 2 N–H and O–H groups in total. The van der Waals surface area contributed by atoms with E-state index in [0.717, 1.165) is 17.2 Å². The zero-order chi connectivity index (χ0) is 18.7. The van der Waals surface area contributed by atoms with Crippen molar-refractivity contribution >= 4 is 39.9 Å². The number of phenols is 1. The molecule has 0 heterocycles. The molecule has 3 aromatic carbocycles. The molecule has 3 rings (SSSR count). The highest BCUT2D eigenvalue weighted by Crippen LogP contribution is 2.38. The molecule has 134 valence electrons. The van der Waals surface area contributed by atoms with Crippen molar-refractivity contribution in [3.05, 3.63) is 75.8 Å². The number of aromatic hydroxyl groups is 1. The van der Waals surface area contributed by atoms with Gasteiger partial charge in [-0.05, 0) is 29.5 Å².